The van der Waals surface area contributed by atoms with Crippen molar-refractivity contribution in [2.75, 3.05) is 32.7 Å². The molecule has 1 aromatic rings. The van der Waals surface area contributed by atoms with E-state index >= 15 is 0 Å². The van der Waals surface area contributed by atoms with Crippen LogP contribution in [-0.2, 0) is 18.9 Å². The number of rotatable bonds is 2. The van der Waals surface area contributed by atoms with Gasteiger partial charge in [-0.25, -0.2) is 0 Å². The van der Waals surface area contributed by atoms with Gasteiger partial charge >= 0.3 is 0 Å². The monoisotopic (exact) mass is 542 g/mol. The standard InChI is InChI=1S/C31H42O6S/c1-19-30(33)11-9-24-22-8-10-29(32)18-31(36-14-12-34-19)26(35-13-15-37-31)16-25(29)27(22)23(17-28(24,30)2)20-4-6-21(38-3)7-5-20/h4-7,19,22-24,26,32-33H,8-18H2,1-3H3/t19?,22-,23+,24+,26?,28-,29-,30+,31?/m0/s1. The summed E-state index contributed by atoms with van der Waals surface area (Å²) in [5.41, 5.74) is 1.70. The molecule has 1 aromatic carbocycles. The highest BCUT2D eigenvalue weighted by molar-refractivity contribution is 7.98. The van der Waals surface area contributed by atoms with Gasteiger partial charge in [0.15, 0.2) is 5.79 Å². The lowest BCUT2D eigenvalue weighted by atomic mass is 9.49. The van der Waals surface area contributed by atoms with Crippen molar-refractivity contribution in [3.8, 4) is 0 Å². The molecule has 208 valence electrons. The van der Waals surface area contributed by atoms with Crippen LogP contribution in [0, 0.1) is 17.3 Å². The Morgan fingerprint density at radius 3 is 2.42 bits per heavy atom. The highest BCUT2D eigenvalue weighted by Crippen LogP contribution is 2.68. The molecular weight excluding hydrogens is 500 g/mol. The molecular formula is C31H42O6S. The molecule has 7 heteroatoms. The zero-order valence-electron chi connectivity index (χ0n) is 22.9. The predicted octanol–water partition coefficient (Wildman–Crippen LogP) is 4.82. The van der Waals surface area contributed by atoms with E-state index in [2.05, 4.69) is 37.4 Å². The molecule has 5 aliphatic heterocycles. The van der Waals surface area contributed by atoms with E-state index in [1.165, 1.54) is 21.6 Å². The van der Waals surface area contributed by atoms with Crippen LogP contribution in [0.15, 0.2) is 40.3 Å². The Balaban J connectivity index is 1.44. The van der Waals surface area contributed by atoms with Crippen molar-refractivity contribution in [2.45, 2.75) is 98.8 Å². The van der Waals surface area contributed by atoms with Gasteiger partial charge in [-0.05, 0) is 80.4 Å². The summed E-state index contributed by atoms with van der Waals surface area (Å²) in [4.78, 5) is 1.25. The van der Waals surface area contributed by atoms with Gasteiger partial charge in [-0.2, -0.15) is 0 Å². The van der Waals surface area contributed by atoms with Crippen molar-refractivity contribution < 1.29 is 29.2 Å². The maximum absolute atomic E-state index is 12.4. The van der Waals surface area contributed by atoms with Crippen LogP contribution in [0.2, 0.25) is 0 Å². The fourth-order valence-electron chi connectivity index (χ4n) is 9.55. The van der Waals surface area contributed by atoms with E-state index in [9.17, 15) is 10.2 Å². The van der Waals surface area contributed by atoms with Crippen LogP contribution in [0.4, 0.5) is 0 Å². The first kappa shape index (κ1) is 26.0. The van der Waals surface area contributed by atoms with E-state index < -0.39 is 17.0 Å². The third kappa shape index (κ3) is 3.55. The predicted molar refractivity (Wildman–Crippen MR) is 145 cm³/mol. The largest absolute Gasteiger partial charge is 0.387 e. The molecule has 9 atom stereocenters. The minimum atomic E-state index is -0.971. The van der Waals surface area contributed by atoms with Crippen molar-refractivity contribution in [1.82, 2.24) is 0 Å². The minimum absolute atomic E-state index is 0.136. The summed E-state index contributed by atoms with van der Waals surface area (Å²) >= 11 is 1.75. The van der Waals surface area contributed by atoms with E-state index in [0.717, 1.165) is 25.7 Å². The van der Waals surface area contributed by atoms with E-state index in [0.29, 0.717) is 57.5 Å². The number of hydrogen-bond acceptors (Lipinski definition) is 7. The Morgan fingerprint density at radius 1 is 0.947 bits per heavy atom. The summed E-state index contributed by atoms with van der Waals surface area (Å²) in [6, 6.07) is 8.97. The number of aliphatic hydroxyl groups is 2. The average Bonchev–Trinajstić information content (AvgIpc) is 3.19. The van der Waals surface area contributed by atoms with Gasteiger partial charge in [0.25, 0.3) is 0 Å². The summed E-state index contributed by atoms with van der Waals surface area (Å²) in [6.07, 6.45) is 6.81. The third-order valence-corrected chi connectivity index (χ3v) is 12.2. The van der Waals surface area contributed by atoms with E-state index in [4.69, 9.17) is 18.9 Å². The third-order valence-electron chi connectivity index (χ3n) is 11.5. The number of thioether (sulfide) groups is 1. The Hall–Kier alpha value is -0.930. The zero-order chi connectivity index (χ0) is 26.3. The summed E-state index contributed by atoms with van der Waals surface area (Å²) in [6.45, 7) is 6.09. The van der Waals surface area contributed by atoms with Crippen molar-refractivity contribution in [3.63, 3.8) is 0 Å². The molecule has 6 nitrogen and oxygen atoms in total. The van der Waals surface area contributed by atoms with Crippen molar-refractivity contribution in [2.24, 2.45) is 17.3 Å². The molecule has 3 unspecified atom stereocenters. The van der Waals surface area contributed by atoms with Crippen LogP contribution in [0.3, 0.4) is 0 Å². The molecule has 4 aliphatic carbocycles. The van der Waals surface area contributed by atoms with Crippen LogP contribution in [0.5, 0.6) is 0 Å². The van der Waals surface area contributed by atoms with E-state index in [1.54, 1.807) is 11.8 Å². The van der Waals surface area contributed by atoms with Gasteiger partial charge in [0.1, 0.15) is 6.10 Å². The molecule has 2 saturated heterocycles. The lowest BCUT2D eigenvalue weighted by Crippen LogP contribution is -2.64. The van der Waals surface area contributed by atoms with Gasteiger partial charge in [-0.3, -0.25) is 0 Å². The Bertz CT molecular complexity index is 1120. The maximum Gasteiger partial charge on any atom is 0.198 e. The molecule has 8 bridgehead atoms. The summed E-state index contributed by atoms with van der Waals surface area (Å²) < 4.78 is 25.5. The second-order valence-corrected chi connectivity index (χ2v) is 13.8. The van der Waals surface area contributed by atoms with Gasteiger partial charge in [-0.15, -0.1) is 11.8 Å². The second kappa shape index (κ2) is 9.04. The highest BCUT2D eigenvalue weighted by Gasteiger charge is 2.67. The minimum Gasteiger partial charge on any atom is -0.387 e. The van der Waals surface area contributed by atoms with Gasteiger partial charge in [0, 0.05) is 29.1 Å². The highest BCUT2D eigenvalue weighted by atomic mass is 32.2. The first-order chi connectivity index (χ1) is 18.2. The first-order valence-electron chi connectivity index (χ1n) is 14.6. The summed E-state index contributed by atoms with van der Waals surface area (Å²) in [5, 5.41) is 24.8. The Kier molecular flexibility index (Phi) is 6.18. The molecule has 5 fully saturated rings. The van der Waals surface area contributed by atoms with Crippen LogP contribution < -0.4 is 0 Å². The number of benzene rings is 1. The molecule has 10 rings (SSSR count). The van der Waals surface area contributed by atoms with Crippen LogP contribution in [0.1, 0.15) is 70.3 Å². The molecule has 0 amide bonds. The normalized spacial score (nSPS) is 48.3. The van der Waals surface area contributed by atoms with Crippen molar-refractivity contribution in [3.05, 3.63) is 41.0 Å². The second-order valence-electron chi connectivity index (χ2n) is 12.9. The van der Waals surface area contributed by atoms with Gasteiger partial charge in [-0.1, -0.05) is 24.6 Å². The molecule has 3 saturated carbocycles. The fourth-order valence-corrected chi connectivity index (χ4v) is 9.96. The average molecular weight is 543 g/mol. The molecule has 5 heterocycles. The molecule has 0 radical (unpaired) electrons. The first-order valence-corrected chi connectivity index (χ1v) is 15.8. The quantitative estimate of drug-likeness (QED) is 0.410. The smallest absolute Gasteiger partial charge is 0.198 e. The van der Waals surface area contributed by atoms with Gasteiger partial charge in [0.2, 0.25) is 0 Å². The Labute approximate surface area is 230 Å². The molecule has 2 N–H and O–H groups in total. The number of ether oxygens (including phenoxy) is 4. The lowest BCUT2D eigenvalue weighted by Gasteiger charge is -2.60. The van der Waals surface area contributed by atoms with Gasteiger partial charge < -0.3 is 29.2 Å². The SMILES string of the molecule is CSc1ccc([C@H]2C[C@@]3(C)[C@@H]4CC[C@@]3(O)C(C)OCCOC35C[C@@]6(O)CC[C@@H]4C2=C6CC3OCCO5)cc1. The summed E-state index contributed by atoms with van der Waals surface area (Å²) in [5.74, 6) is -0.135. The van der Waals surface area contributed by atoms with E-state index in [-0.39, 0.29) is 23.5 Å². The van der Waals surface area contributed by atoms with Crippen molar-refractivity contribution >= 4 is 11.8 Å². The topological polar surface area (TPSA) is 77.4 Å². The number of allylic oxidation sites excluding steroid dienone is 1. The maximum atomic E-state index is 12.4. The van der Waals surface area contributed by atoms with Crippen LogP contribution in [0.25, 0.3) is 0 Å². The fraction of sp³-hybridized carbons (Fsp3) is 0.742. The van der Waals surface area contributed by atoms with Crippen molar-refractivity contribution in [1.29, 1.82) is 0 Å². The molecule has 1 spiro atoms. The summed E-state index contributed by atoms with van der Waals surface area (Å²) in [7, 11) is 0. The van der Waals surface area contributed by atoms with E-state index in [1.807, 2.05) is 6.92 Å². The van der Waals surface area contributed by atoms with Crippen LogP contribution in [-0.4, -0.2) is 72.1 Å². The molecule has 0 aromatic heterocycles. The lowest BCUT2D eigenvalue weighted by molar-refractivity contribution is -0.350. The van der Waals surface area contributed by atoms with Crippen LogP contribution >= 0.6 is 11.8 Å². The molecule has 38 heavy (non-hydrogen) atoms. The number of hydrogen-bond donors (Lipinski definition) is 2. The van der Waals surface area contributed by atoms with Gasteiger partial charge in [0.05, 0.1) is 43.7 Å². The Morgan fingerprint density at radius 2 is 1.68 bits per heavy atom. The number of fused-ring (bicyclic) bond motifs is 1. The molecule has 9 aliphatic rings. The zero-order valence-corrected chi connectivity index (χ0v) is 23.7.